The number of carbonyl (C=O) groups excluding carboxylic acids is 1. The lowest BCUT2D eigenvalue weighted by Gasteiger charge is -2.14. The molecule has 0 saturated heterocycles. The molecule has 0 spiro atoms. The van der Waals surface area contributed by atoms with E-state index in [2.05, 4.69) is 54.5 Å². The van der Waals surface area contributed by atoms with E-state index in [-0.39, 0.29) is 23.6 Å². The highest BCUT2D eigenvalue weighted by molar-refractivity contribution is 6.01. The summed E-state index contributed by atoms with van der Waals surface area (Å²) in [7, 11) is 0. The summed E-state index contributed by atoms with van der Waals surface area (Å²) in [5, 5.41) is 14.3. The molecule has 1 amide bonds. The zero-order valence-corrected chi connectivity index (χ0v) is 21.2. The van der Waals surface area contributed by atoms with Crippen LogP contribution in [-0.4, -0.2) is 28.6 Å². The van der Waals surface area contributed by atoms with Crippen molar-refractivity contribution in [2.24, 2.45) is 5.92 Å². The Hall–Kier alpha value is -4.19. The molecule has 2 N–H and O–H groups in total. The Kier molecular flexibility index (Phi) is 8.52. The van der Waals surface area contributed by atoms with Gasteiger partial charge < -0.3 is 15.2 Å². The van der Waals surface area contributed by atoms with Crippen LogP contribution in [0.25, 0.3) is 10.8 Å². The van der Waals surface area contributed by atoms with Crippen molar-refractivity contribution in [2.45, 2.75) is 39.5 Å². The van der Waals surface area contributed by atoms with Crippen LogP contribution in [0.5, 0.6) is 5.75 Å². The summed E-state index contributed by atoms with van der Waals surface area (Å²) in [6, 6.07) is 22.8. The maximum Gasteiger partial charge on any atom is 0.337 e. The minimum atomic E-state index is -1.08. The molecule has 190 valence electrons. The number of carbonyl (C=O) groups is 2. The largest absolute Gasteiger partial charge is 0.493 e. The van der Waals surface area contributed by atoms with E-state index in [1.165, 1.54) is 6.07 Å². The molecule has 0 fully saturated rings. The topological polar surface area (TPSA) is 88.5 Å². The third-order valence-electron chi connectivity index (χ3n) is 6.58. The molecule has 0 aliphatic heterocycles. The minimum absolute atomic E-state index is 0.0603. The first-order chi connectivity index (χ1) is 17.9. The van der Waals surface area contributed by atoms with Crippen LogP contribution in [0.4, 0.5) is 5.69 Å². The van der Waals surface area contributed by atoms with Crippen LogP contribution in [0.1, 0.15) is 53.9 Å². The van der Waals surface area contributed by atoms with E-state index in [0.717, 1.165) is 52.8 Å². The van der Waals surface area contributed by atoms with Crippen molar-refractivity contribution in [3.05, 3.63) is 101 Å². The number of aromatic carboxylic acids is 1. The van der Waals surface area contributed by atoms with Gasteiger partial charge in [-0.2, -0.15) is 0 Å². The first-order valence-corrected chi connectivity index (χ1v) is 12.7. The van der Waals surface area contributed by atoms with Crippen molar-refractivity contribution < 1.29 is 19.4 Å². The van der Waals surface area contributed by atoms with Gasteiger partial charge in [0, 0.05) is 18.3 Å². The highest BCUT2D eigenvalue weighted by Gasteiger charge is 2.12. The van der Waals surface area contributed by atoms with Gasteiger partial charge in [0.15, 0.2) is 0 Å². The fourth-order valence-corrected chi connectivity index (χ4v) is 4.24. The molecular formula is C31H32N2O4. The van der Waals surface area contributed by atoms with E-state index < -0.39 is 5.97 Å². The number of aromatic nitrogens is 1. The summed E-state index contributed by atoms with van der Waals surface area (Å²) >= 11 is 0. The van der Waals surface area contributed by atoms with Crippen molar-refractivity contribution >= 4 is 28.3 Å². The Morgan fingerprint density at radius 1 is 0.919 bits per heavy atom. The van der Waals surface area contributed by atoms with Gasteiger partial charge in [-0.15, -0.1) is 0 Å². The van der Waals surface area contributed by atoms with Gasteiger partial charge in [-0.1, -0.05) is 69.2 Å². The fourth-order valence-electron chi connectivity index (χ4n) is 4.24. The third kappa shape index (κ3) is 6.94. The first-order valence-electron chi connectivity index (χ1n) is 12.7. The highest BCUT2D eigenvalue weighted by Crippen LogP contribution is 2.24. The SMILES string of the molecule is CCC(CC)COc1ccc2cc(Cc3ccc(CC(=O)Nc4ccccc4C(=O)O)cn3)ccc2c1. The van der Waals surface area contributed by atoms with E-state index in [4.69, 9.17) is 4.74 Å². The third-order valence-corrected chi connectivity index (χ3v) is 6.58. The number of hydrogen-bond acceptors (Lipinski definition) is 4. The summed E-state index contributed by atoms with van der Waals surface area (Å²) in [5.74, 6) is 0.113. The normalized spacial score (nSPS) is 11.0. The van der Waals surface area contributed by atoms with E-state index >= 15 is 0 Å². The van der Waals surface area contributed by atoms with E-state index in [9.17, 15) is 14.7 Å². The van der Waals surface area contributed by atoms with Crippen LogP contribution >= 0.6 is 0 Å². The molecule has 0 atom stereocenters. The lowest BCUT2D eigenvalue weighted by atomic mass is 10.0. The zero-order chi connectivity index (χ0) is 26.2. The molecule has 0 aliphatic carbocycles. The van der Waals surface area contributed by atoms with Gasteiger partial charge in [-0.3, -0.25) is 9.78 Å². The van der Waals surface area contributed by atoms with E-state index in [1.807, 2.05) is 18.2 Å². The summed E-state index contributed by atoms with van der Waals surface area (Å²) in [5.41, 5.74) is 3.16. The maximum atomic E-state index is 12.4. The van der Waals surface area contributed by atoms with Crippen molar-refractivity contribution in [2.75, 3.05) is 11.9 Å². The Balaban J connectivity index is 1.36. The molecule has 1 aromatic heterocycles. The lowest BCUT2D eigenvalue weighted by molar-refractivity contribution is -0.115. The van der Waals surface area contributed by atoms with Gasteiger partial charge in [0.2, 0.25) is 5.91 Å². The number of ether oxygens (including phenoxy) is 1. The molecular weight excluding hydrogens is 464 g/mol. The number of para-hydroxylation sites is 1. The fraction of sp³-hybridized carbons (Fsp3) is 0.258. The zero-order valence-electron chi connectivity index (χ0n) is 21.2. The molecule has 4 aromatic rings. The van der Waals surface area contributed by atoms with Gasteiger partial charge in [0.05, 0.1) is 24.3 Å². The number of fused-ring (bicyclic) bond motifs is 1. The van der Waals surface area contributed by atoms with Crippen molar-refractivity contribution in [1.29, 1.82) is 0 Å². The number of hydrogen-bond donors (Lipinski definition) is 2. The summed E-state index contributed by atoms with van der Waals surface area (Å²) in [6.07, 6.45) is 4.73. The second kappa shape index (κ2) is 12.2. The number of nitrogens with zero attached hydrogens (tertiary/aromatic N) is 1. The summed E-state index contributed by atoms with van der Waals surface area (Å²) < 4.78 is 6.01. The molecule has 0 unspecified atom stereocenters. The smallest absolute Gasteiger partial charge is 0.337 e. The monoisotopic (exact) mass is 496 g/mol. The van der Waals surface area contributed by atoms with Crippen molar-refractivity contribution in [3.63, 3.8) is 0 Å². The molecule has 0 bridgehead atoms. The number of rotatable bonds is 11. The minimum Gasteiger partial charge on any atom is -0.493 e. The quantitative estimate of drug-likeness (QED) is 0.247. The Morgan fingerprint density at radius 3 is 2.38 bits per heavy atom. The Morgan fingerprint density at radius 2 is 1.65 bits per heavy atom. The Bertz CT molecular complexity index is 1380. The molecule has 0 aliphatic rings. The molecule has 0 radical (unpaired) electrons. The molecule has 6 heteroatoms. The second-order valence-corrected chi connectivity index (χ2v) is 9.25. The van der Waals surface area contributed by atoms with Crippen LogP contribution in [0.2, 0.25) is 0 Å². The number of anilines is 1. The number of pyridine rings is 1. The predicted octanol–water partition coefficient (Wildman–Crippen LogP) is 6.52. The van der Waals surface area contributed by atoms with Crippen LogP contribution in [0.15, 0.2) is 79.0 Å². The van der Waals surface area contributed by atoms with Crippen LogP contribution in [0, 0.1) is 5.92 Å². The first kappa shape index (κ1) is 25.9. The summed E-state index contributed by atoms with van der Waals surface area (Å²) in [6.45, 7) is 5.14. The van der Waals surface area contributed by atoms with Gasteiger partial charge >= 0.3 is 5.97 Å². The molecule has 3 aromatic carbocycles. The molecule has 6 nitrogen and oxygen atoms in total. The maximum absolute atomic E-state index is 12.4. The van der Waals surface area contributed by atoms with Crippen LogP contribution < -0.4 is 10.1 Å². The number of nitrogens with one attached hydrogen (secondary N) is 1. The summed E-state index contributed by atoms with van der Waals surface area (Å²) in [4.78, 5) is 28.3. The number of benzene rings is 3. The number of carboxylic acids is 1. The Labute approximate surface area is 217 Å². The molecule has 4 rings (SSSR count). The van der Waals surface area contributed by atoms with Crippen molar-refractivity contribution in [1.82, 2.24) is 4.98 Å². The number of carboxylic acid groups (broad SMARTS) is 1. The second-order valence-electron chi connectivity index (χ2n) is 9.25. The molecule has 1 heterocycles. The van der Waals surface area contributed by atoms with Gasteiger partial charge in [0.1, 0.15) is 5.75 Å². The van der Waals surface area contributed by atoms with E-state index in [0.29, 0.717) is 12.3 Å². The van der Waals surface area contributed by atoms with Gasteiger partial charge in [0.25, 0.3) is 0 Å². The average Bonchev–Trinajstić information content (AvgIpc) is 2.90. The average molecular weight is 497 g/mol. The highest BCUT2D eigenvalue weighted by atomic mass is 16.5. The molecule has 0 saturated carbocycles. The number of amides is 1. The standard InChI is InChI=1S/C31H32N2O4/c1-3-21(4-2)20-37-27-14-12-24-15-22(9-11-25(24)18-27)16-26-13-10-23(19-32-26)17-30(34)33-29-8-6-5-7-28(29)31(35)36/h5-15,18-19,21H,3-4,16-17,20H2,1-2H3,(H,33,34)(H,35,36). The van der Waals surface area contributed by atoms with Gasteiger partial charge in [-0.05, 0) is 58.1 Å². The van der Waals surface area contributed by atoms with Gasteiger partial charge in [-0.25, -0.2) is 4.79 Å². The van der Waals surface area contributed by atoms with Crippen LogP contribution in [-0.2, 0) is 17.6 Å². The van der Waals surface area contributed by atoms with E-state index in [1.54, 1.807) is 24.4 Å². The predicted molar refractivity (Wildman–Crippen MR) is 146 cm³/mol. The van der Waals surface area contributed by atoms with Crippen molar-refractivity contribution in [3.8, 4) is 5.75 Å². The van der Waals surface area contributed by atoms with Crippen LogP contribution in [0.3, 0.4) is 0 Å². The molecule has 37 heavy (non-hydrogen) atoms. The lowest BCUT2D eigenvalue weighted by Crippen LogP contribution is -2.17.